The molecule has 1 aromatic rings. The second-order valence-corrected chi connectivity index (χ2v) is 15.1. The number of ketones is 1. The maximum Gasteiger partial charge on any atom is 0.289 e. The van der Waals surface area contributed by atoms with Crippen molar-refractivity contribution in [3.63, 3.8) is 0 Å². The smallest absolute Gasteiger partial charge is 0.289 e. The lowest BCUT2D eigenvalue weighted by molar-refractivity contribution is -0.146. The van der Waals surface area contributed by atoms with Crippen molar-refractivity contribution >= 4 is 35.3 Å². The second kappa shape index (κ2) is 15.1. The van der Waals surface area contributed by atoms with Gasteiger partial charge in [0, 0.05) is 25.0 Å². The summed E-state index contributed by atoms with van der Waals surface area (Å²) in [7, 11) is 0. The fourth-order valence-corrected chi connectivity index (χ4v) is 7.66. The van der Waals surface area contributed by atoms with Gasteiger partial charge in [0.2, 0.25) is 23.5 Å². The maximum atomic E-state index is 14.5. The zero-order valence-corrected chi connectivity index (χ0v) is 28.6. The summed E-state index contributed by atoms with van der Waals surface area (Å²) in [6.45, 7) is 7.69. The largest absolute Gasteiger partial charge is 0.347 e. The summed E-state index contributed by atoms with van der Waals surface area (Å²) in [5, 5.41) is 11.4. The first-order valence-electron chi connectivity index (χ1n) is 17.7. The summed E-state index contributed by atoms with van der Waals surface area (Å²) in [6, 6.07) is -3.69. The third-order valence-corrected chi connectivity index (χ3v) is 10.5. The summed E-state index contributed by atoms with van der Waals surface area (Å²) in [5.74, 6) is -3.25. The van der Waals surface area contributed by atoms with E-state index in [0.717, 1.165) is 64.2 Å². The van der Waals surface area contributed by atoms with Gasteiger partial charge in [-0.2, -0.15) is 0 Å². The first-order chi connectivity index (χ1) is 22.9. The number of amides is 5. The Kier molecular flexibility index (Phi) is 11.1. The van der Waals surface area contributed by atoms with Crippen LogP contribution in [0.1, 0.15) is 109 Å². The van der Waals surface area contributed by atoms with Gasteiger partial charge in [0.15, 0.2) is 0 Å². The van der Waals surface area contributed by atoms with E-state index in [1.807, 2.05) is 20.8 Å². The lowest BCUT2D eigenvalue weighted by atomic mass is 9.82. The molecule has 4 aliphatic rings. The lowest BCUT2D eigenvalue weighted by Gasteiger charge is -2.38. The number of Topliss-reactive ketones (excluding diaryl/α,β-unsaturated/α-hetero) is 1. The van der Waals surface area contributed by atoms with Crippen molar-refractivity contribution < 1.29 is 28.8 Å². The van der Waals surface area contributed by atoms with Gasteiger partial charge in [-0.05, 0) is 68.1 Å². The molecule has 3 saturated carbocycles. The van der Waals surface area contributed by atoms with E-state index in [9.17, 15) is 28.8 Å². The van der Waals surface area contributed by atoms with Crippen LogP contribution in [-0.4, -0.2) is 86.9 Å². The highest BCUT2D eigenvalue weighted by Gasteiger charge is 2.52. The number of nitrogens with zero attached hydrogens (tertiary/aromatic N) is 3. The van der Waals surface area contributed by atoms with Crippen LogP contribution >= 0.6 is 0 Å². The van der Waals surface area contributed by atoms with E-state index >= 15 is 0 Å². The van der Waals surface area contributed by atoms with E-state index < -0.39 is 59.0 Å². The molecule has 5 amide bonds. The predicted molar refractivity (Wildman–Crippen MR) is 176 cm³/mol. The Morgan fingerprint density at radius 2 is 1.62 bits per heavy atom. The molecule has 1 unspecified atom stereocenters. The molecule has 0 aromatic carbocycles. The van der Waals surface area contributed by atoms with Gasteiger partial charge in [-0.3, -0.25) is 33.8 Å². The Hall–Kier alpha value is -3.90. The molecule has 1 aliphatic heterocycles. The highest BCUT2D eigenvalue weighted by Crippen LogP contribution is 2.43. The van der Waals surface area contributed by atoms with E-state index in [1.165, 1.54) is 18.6 Å². The van der Waals surface area contributed by atoms with Crippen molar-refractivity contribution in [1.29, 1.82) is 0 Å². The van der Waals surface area contributed by atoms with Crippen LogP contribution in [0.4, 0.5) is 0 Å². The molecule has 48 heavy (non-hydrogen) atoms. The third-order valence-electron chi connectivity index (χ3n) is 10.5. The summed E-state index contributed by atoms with van der Waals surface area (Å²) in [5.41, 5.74) is -0.638. The van der Waals surface area contributed by atoms with Crippen LogP contribution in [0.5, 0.6) is 0 Å². The molecule has 0 spiro atoms. The number of nitrogens with one attached hydrogen (secondary N) is 4. The summed E-state index contributed by atoms with van der Waals surface area (Å²) in [6.07, 6.45) is 13.2. The summed E-state index contributed by atoms with van der Waals surface area (Å²) in [4.78, 5) is 90.9. The molecular formula is C35H51N7O6. The summed E-state index contributed by atoms with van der Waals surface area (Å²) < 4.78 is 0. The molecular weight excluding hydrogens is 614 g/mol. The van der Waals surface area contributed by atoms with E-state index in [-0.39, 0.29) is 41.8 Å². The first kappa shape index (κ1) is 35.4. The molecule has 4 N–H and O–H groups in total. The van der Waals surface area contributed by atoms with Gasteiger partial charge in [0.25, 0.3) is 11.8 Å². The van der Waals surface area contributed by atoms with Gasteiger partial charge >= 0.3 is 0 Å². The van der Waals surface area contributed by atoms with Crippen LogP contribution in [-0.2, 0) is 24.0 Å². The van der Waals surface area contributed by atoms with Crippen molar-refractivity contribution in [2.24, 2.45) is 23.2 Å². The van der Waals surface area contributed by atoms with Crippen LogP contribution in [0, 0.1) is 23.2 Å². The zero-order valence-electron chi connectivity index (χ0n) is 28.6. The minimum atomic E-state index is -0.999. The average Bonchev–Trinajstić information content (AvgIpc) is 3.64. The number of fused-ring (bicyclic) bond motifs is 1. The van der Waals surface area contributed by atoms with Crippen LogP contribution in [0.25, 0.3) is 0 Å². The van der Waals surface area contributed by atoms with E-state index in [2.05, 4.69) is 31.2 Å². The Labute approximate surface area is 282 Å². The van der Waals surface area contributed by atoms with Crippen LogP contribution < -0.4 is 21.3 Å². The average molecular weight is 666 g/mol. The maximum absolute atomic E-state index is 14.5. The van der Waals surface area contributed by atoms with Crippen LogP contribution in [0.3, 0.4) is 0 Å². The van der Waals surface area contributed by atoms with Gasteiger partial charge in [-0.25, -0.2) is 4.98 Å². The fraction of sp³-hybridized carbons (Fsp3) is 0.714. The molecule has 1 saturated heterocycles. The van der Waals surface area contributed by atoms with E-state index in [1.54, 1.807) is 11.8 Å². The first-order valence-corrected chi connectivity index (χ1v) is 17.7. The summed E-state index contributed by atoms with van der Waals surface area (Å²) >= 11 is 0. The molecule has 1 aromatic heterocycles. The molecule has 5 rings (SSSR count). The second-order valence-electron chi connectivity index (χ2n) is 15.1. The lowest BCUT2D eigenvalue weighted by Crippen LogP contribution is -2.62. The number of aromatic nitrogens is 2. The molecule has 6 atom stereocenters. The quantitative estimate of drug-likeness (QED) is 0.245. The molecule has 0 bridgehead atoms. The van der Waals surface area contributed by atoms with Crippen molar-refractivity contribution in [3.8, 4) is 0 Å². The molecule has 4 fully saturated rings. The Morgan fingerprint density at radius 1 is 0.896 bits per heavy atom. The Morgan fingerprint density at radius 3 is 2.25 bits per heavy atom. The van der Waals surface area contributed by atoms with Gasteiger partial charge < -0.3 is 26.2 Å². The van der Waals surface area contributed by atoms with E-state index in [0.29, 0.717) is 6.54 Å². The van der Waals surface area contributed by atoms with Crippen molar-refractivity contribution in [2.45, 2.75) is 129 Å². The van der Waals surface area contributed by atoms with E-state index in [4.69, 9.17) is 0 Å². The molecule has 0 radical (unpaired) electrons. The molecule has 3 aliphatic carbocycles. The number of carbonyl (C=O) groups is 6. The number of likely N-dealkylation sites (tertiary alicyclic amines) is 1. The zero-order chi connectivity index (χ0) is 34.6. The molecule has 2 heterocycles. The van der Waals surface area contributed by atoms with Crippen molar-refractivity contribution in [3.05, 3.63) is 24.3 Å². The van der Waals surface area contributed by atoms with Crippen molar-refractivity contribution in [1.82, 2.24) is 36.1 Å². The number of carbonyl (C=O) groups excluding carboxylic acids is 6. The number of rotatable bonds is 12. The minimum absolute atomic E-state index is 0.0134. The highest BCUT2D eigenvalue weighted by atomic mass is 16.2. The van der Waals surface area contributed by atoms with Gasteiger partial charge in [0.1, 0.15) is 23.8 Å². The number of hydrogen-bond acceptors (Lipinski definition) is 8. The SMILES string of the molecule is CCC(NC(=O)[C@@H]1[C@H]2CCC[C@H]2CN1C(=O)[C@@H](NC(=O)[C@@H](NC(=O)c1cnccn1)C1CCCCC1)C(C)(C)C)C(=O)C(=O)NC1CC1. The van der Waals surface area contributed by atoms with Gasteiger partial charge in [-0.15, -0.1) is 0 Å². The molecule has 13 heteroatoms. The van der Waals surface area contributed by atoms with Crippen LogP contribution in [0.2, 0.25) is 0 Å². The minimum Gasteiger partial charge on any atom is -0.347 e. The number of hydrogen-bond donors (Lipinski definition) is 4. The van der Waals surface area contributed by atoms with Crippen LogP contribution in [0.15, 0.2) is 18.6 Å². The molecule has 13 nitrogen and oxygen atoms in total. The Bertz CT molecular complexity index is 1370. The molecule has 262 valence electrons. The third kappa shape index (κ3) is 8.20. The standard InChI is InChI=1S/C35H51N7O6/c1-5-24(28(43)33(47)38-22-14-15-22)39-32(46)27-23-13-9-12-21(23)19-42(27)34(48)29(35(2,3)4)41-31(45)26(20-10-7-6-8-11-20)40-30(44)25-18-36-16-17-37-25/h16-18,20-24,26-27,29H,5-15,19H2,1-4H3,(H,38,47)(H,39,46)(H,40,44)(H,41,45)/t21-,23-,24?,26-,27-,29+/m0/s1. The monoisotopic (exact) mass is 665 g/mol. The van der Waals surface area contributed by atoms with Gasteiger partial charge in [-0.1, -0.05) is 53.4 Å². The van der Waals surface area contributed by atoms with Crippen molar-refractivity contribution in [2.75, 3.05) is 6.54 Å². The van der Waals surface area contributed by atoms with Gasteiger partial charge in [0.05, 0.1) is 12.2 Å². The Balaban J connectivity index is 1.35. The topological polar surface area (TPSA) is 180 Å². The normalized spacial score (nSPS) is 24.5. The highest BCUT2D eigenvalue weighted by molar-refractivity contribution is 6.38. The fourth-order valence-electron chi connectivity index (χ4n) is 7.66. The predicted octanol–water partition coefficient (Wildman–Crippen LogP) is 2.06.